The van der Waals surface area contributed by atoms with E-state index in [2.05, 4.69) is 10.3 Å². The lowest BCUT2D eigenvalue weighted by Crippen LogP contribution is -2.43. The second kappa shape index (κ2) is 8.95. The Bertz CT molecular complexity index is 1110. The average molecular weight is 416 g/mol. The number of nitrogens with zero attached hydrogens (tertiary/aromatic N) is 4. The highest BCUT2D eigenvalue weighted by atomic mass is 16.5. The van der Waals surface area contributed by atoms with E-state index in [4.69, 9.17) is 4.74 Å². The molecule has 0 N–H and O–H groups in total. The van der Waals surface area contributed by atoms with E-state index in [1.54, 1.807) is 22.7 Å². The number of aromatic nitrogens is 3. The van der Waals surface area contributed by atoms with Crippen molar-refractivity contribution in [2.24, 2.45) is 0 Å². The minimum atomic E-state index is -0.889. The Balaban J connectivity index is 1.34. The maximum absolute atomic E-state index is 12.9. The van der Waals surface area contributed by atoms with Gasteiger partial charge < -0.3 is 9.64 Å². The lowest BCUT2D eigenvalue weighted by atomic mass is 10.1. The summed E-state index contributed by atoms with van der Waals surface area (Å²) in [5, 5.41) is 8.10. The minimum Gasteiger partial charge on any atom is -0.449 e. The van der Waals surface area contributed by atoms with Crippen LogP contribution < -0.4 is 4.90 Å². The van der Waals surface area contributed by atoms with E-state index in [1.165, 1.54) is 12.2 Å². The number of rotatable bonds is 6. The first-order valence-electron chi connectivity index (χ1n) is 10.2. The number of carbonyl (C=O) groups is 2. The Morgan fingerprint density at radius 1 is 1.16 bits per heavy atom. The third-order valence-electron chi connectivity index (χ3n) is 5.22. The van der Waals surface area contributed by atoms with Crippen molar-refractivity contribution >= 4 is 23.6 Å². The third kappa shape index (κ3) is 4.71. The monoisotopic (exact) mass is 416 g/mol. The molecule has 0 saturated heterocycles. The minimum absolute atomic E-state index is 0.0289. The first-order valence-corrected chi connectivity index (χ1v) is 10.2. The second-order valence-electron chi connectivity index (χ2n) is 7.63. The smallest absolute Gasteiger partial charge is 0.331 e. The van der Waals surface area contributed by atoms with E-state index in [0.29, 0.717) is 12.2 Å². The number of para-hydroxylation sites is 1. The molecule has 1 amide bonds. The molecular weight excluding hydrogens is 392 g/mol. The summed E-state index contributed by atoms with van der Waals surface area (Å²) >= 11 is 0. The van der Waals surface area contributed by atoms with Gasteiger partial charge in [-0.15, -0.1) is 5.10 Å². The number of fused-ring (bicyclic) bond motifs is 1. The van der Waals surface area contributed by atoms with Crippen LogP contribution >= 0.6 is 0 Å². The van der Waals surface area contributed by atoms with Crippen LogP contribution in [-0.4, -0.2) is 39.0 Å². The molecule has 0 aliphatic carbocycles. The number of ether oxygens (including phenoxy) is 1. The van der Waals surface area contributed by atoms with E-state index >= 15 is 0 Å². The summed E-state index contributed by atoms with van der Waals surface area (Å²) in [6, 6.07) is 17.7. The lowest BCUT2D eigenvalue weighted by molar-refractivity contribution is -0.149. The van der Waals surface area contributed by atoms with Crippen LogP contribution in [0, 0.1) is 0 Å². The molecule has 158 valence electrons. The highest BCUT2D eigenvalue weighted by molar-refractivity contribution is 6.00. The molecule has 7 heteroatoms. The molecule has 1 aromatic heterocycles. The number of esters is 1. The van der Waals surface area contributed by atoms with Crippen molar-refractivity contribution in [3.8, 4) is 0 Å². The molecule has 0 unspecified atom stereocenters. The maximum Gasteiger partial charge on any atom is 0.331 e. The Labute approximate surface area is 180 Å². The van der Waals surface area contributed by atoms with Crippen molar-refractivity contribution in [2.45, 2.75) is 39.0 Å². The van der Waals surface area contributed by atoms with Crippen LogP contribution in [0.5, 0.6) is 0 Å². The van der Waals surface area contributed by atoms with Gasteiger partial charge in [-0.25, -0.2) is 9.48 Å². The molecule has 31 heavy (non-hydrogen) atoms. The topological polar surface area (TPSA) is 77.3 Å². The molecule has 0 radical (unpaired) electrons. The van der Waals surface area contributed by atoms with Crippen LogP contribution in [0.15, 0.2) is 66.9 Å². The number of hydrogen-bond donors (Lipinski definition) is 0. The second-order valence-corrected chi connectivity index (χ2v) is 7.63. The molecule has 1 aliphatic rings. The van der Waals surface area contributed by atoms with Gasteiger partial charge in [-0.3, -0.25) is 4.79 Å². The summed E-state index contributed by atoms with van der Waals surface area (Å²) in [6.45, 7) is 4.18. The van der Waals surface area contributed by atoms with Crippen molar-refractivity contribution in [3.05, 3.63) is 83.7 Å². The van der Waals surface area contributed by atoms with Gasteiger partial charge in [0.2, 0.25) is 0 Å². The molecule has 1 aliphatic heterocycles. The Morgan fingerprint density at radius 3 is 2.71 bits per heavy atom. The highest BCUT2D eigenvalue weighted by Gasteiger charge is 2.34. The molecule has 2 aromatic carbocycles. The van der Waals surface area contributed by atoms with Gasteiger partial charge in [-0.05, 0) is 43.5 Å². The standard InChI is InChI=1S/C24H24N4O3/c1-17-14-20-10-6-7-11-22(20)28(17)24(30)18(2)31-23(29)13-12-21-16-27(26-25-21)15-19-8-4-3-5-9-19/h3-13,16-18H,14-15H2,1-2H3/b13-12+/t17-,18+/m1/s1. The predicted octanol–water partition coefficient (Wildman–Crippen LogP) is 3.25. The van der Waals surface area contributed by atoms with Gasteiger partial charge in [0.1, 0.15) is 5.69 Å². The summed E-state index contributed by atoms with van der Waals surface area (Å²) in [5.41, 5.74) is 3.65. The fourth-order valence-electron chi connectivity index (χ4n) is 3.75. The van der Waals surface area contributed by atoms with E-state index in [0.717, 1.165) is 23.2 Å². The van der Waals surface area contributed by atoms with Crippen LogP contribution in [0.4, 0.5) is 5.69 Å². The average Bonchev–Trinajstić information content (AvgIpc) is 3.35. The van der Waals surface area contributed by atoms with E-state index in [1.807, 2.05) is 61.5 Å². The van der Waals surface area contributed by atoms with Crippen LogP contribution in [-0.2, 0) is 27.3 Å². The van der Waals surface area contributed by atoms with Gasteiger partial charge in [-0.1, -0.05) is 53.7 Å². The molecular formula is C24H24N4O3. The molecule has 4 rings (SSSR count). The molecule has 0 bridgehead atoms. The predicted molar refractivity (Wildman–Crippen MR) is 117 cm³/mol. The third-order valence-corrected chi connectivity index (χ3v) is 5.22. The molecule has 3 aromatic rings. The van der Waals surface area contributed by atoms with Crippen molar-refractivity contribution in [1.29, 1.82) is 0 Å². The normalized spacial score (nSPS) is 16.3. The zero-order valence-corrected chi connectivity index (χ0v) is 17.5. The quantitative estimate of drug-likeness (QED) is 0.455. The summed E-state index contributed by atoms with van der Waals surface area (Å²) in [6.07, 6.45) is 4.44. The number of amides is 1. The first kappa shape index (κ1) is 20.5. The first-order chi connectivity index (χ1) is 15.0. The summed E-state index contributed by atoms with van der Waals surface area (Å²) in [5.74, 6) is -0.827. The van der Waals surface area contributed by atoms with Crippen molar-refractivity contribution in [3.63, 3.8) is 0 Å². The molecule has 2 heterocycles. The van der Waals surface area contributed by atoms with E-state index in [-0.39, 0.29) is 11.9 Å². The van der Waals surface area contributed by atoms with Crippen LogP contribution in [0.25, 0.3) is 6.08 Å². The summed E-state index contributed by atoms with van der Waals surface area (Å²) in [4.78, 5) is 26.9. The van der Waals surface area contributed by atoms with Gasteiger partial charge in [0.05, 0.1) is 12.7 Å². The fraction of sp³-hybridized carbons (Fsp3) is 0.250. The molecule has 7 nitrogen and oxygen atoms in total. The fourth-order valence-corrected chi connectivity index (χ4v) is 3.75. The Hall–Kier alpha value is -3.74. The van der Waals surface area contributed by atoms with E-state index < -0.39 is 12.1 Å². The Morgan fingerprint density at radius 2 is 1.90 bits per heavy atom. The van der Waals surface area contributed by atoms with Gasteiger partial charge in [0.15, 0.2) is 6.10 Å². The Kier molecular flexibility index (Phi) is 5.93. The number of hydrogen-bond acceptors (Lipinski definition) is 5. The van der Waals surface area contributed by atoms with Gasteiger partial charge in [0, 0.05) is 17.8 Å². The largest absolute Gasteiger partial charge is 0.449 e. The summed E-state index contributed by atoms with van der Waals surface area (Å²) < 4.78 is 7.03. The van der Waals surface area contributed by atoms with Crippen molar-refractivity contribution < 1.29 is 14.3 Å². The highest BCUT2D eigenvalue weighted by Crippen LogP contribution is 2.32. The van der Waals surface area contributed by atoms with Crippen LogP contribution in [0.3, 0.4) is 0 Å². The zero-order chi connectivity index (χ0) is 21.8. The van der Waals surface area contributed by atoms with E-state index in [9.17, 15) is 9.59 Å². The maximum atomic E-state index is 12.9. The lowest BCUT2D eigenvalue weighted by Gasteiger charge is -2.25. The number of carbonyl (C=O) groups excluding carboxylic acids is 2. The number of anilines is 1. The zero-order valence-electron chi connectivity index (χ0n) is 17.5. The molecule has 0 fully saturated rings. The SMILES string of the molecule is C[C@H](OC(=O)/C=C/c1cn(Cc2ccccc2)nn1)C(=O)N1c2ccccc2C[C@H]1C. The number of benzene rings is 2. The van der Waals surface area contributed by atoms with Crippen LogP contribution in [0.1, 0.15) is 30.7 Å². The van der Waals surface area contributed by atoms with Crippen LogP contribution in [0.2, 0.25) is 0 Å². The molecule has 2 atom stereocenters. The summed E-state index contributed by atoms with van der Waals surface area (Å²) in [7, 11) is 0. The molecule has 0 saturated carbocycles. The molecule has 0 spiro atoms. The van der Waals surface area contributed by atoms with Crippen molar-refractivity contribution in [2.75, 3.05) is 4.90 Å². The van der Waals surface area contributed by atoms with Gasteiger partial charge in [0.25, 0.3) is 5.91 Å². The van der Waals surface area contributed by atoms with Gasteiger partial charge in [-0.2, -0.15) is 0 Å². The van der Waals surface area contributed by atoms with Crippen molar-refractivity contribution in [1.82, 2.24) is 15.0 Å². The van der Waals surface area contributed by atoms with Gasteiger partial charge >= 0.3 is 5.97 Å².